The normalized spacial score (nSPS) is 16.7. The molecular formula is C21H16BrFN2O2. The number of nitrogens with zero attached hydrogens (tertiary/aromatic N) is 1. The van der Waals surface area contributed by atoms with Gasteiger partial charge in [-0.1, -0.05) is 46.3 Å². The summed E-state index contributed by atoms with van der Waals surface area (Å²) < 4.78 is 15.0. The van der Waals surface area contributed by atoms with Crippen molar-refractivity contribution in [1.29, 1.82) is 0 Å². The van der Waals surface area contributed by atoms with E-state index in [9.17, 15) is 14.0 Å². The van der Waals surface area contributed by atoms with Crippen molar-refractivity contribution in [3.05, 3.63) is 71.0 Å². The smallest absolute Gasteiger partial charge is 0.229 e. The topological polar surface area (TPSA) is 49.4 Å². The molecule has 0 aliphatic carbocycles. The Hall–Kier alpha value is -2.73. The second-order valence-corrected chi connectivity index (χ2v) is 7.38. The van der Waals surface area contributed by atoms with E-state index in [0.717, 1.165) is 15.2 Å². The standard InChI is InChI=1S/C21H16BrFN2O2/c22-17-5-3-4-13-10-15(8-9-16(13)17)24-21(27)14-11-20(26)25(12-14)19-7-2-1-6-18(19)23/h1-10,14H,11-12H2,(H,24,27). The van der Waals surface area contributed by atoms with Gasteiger partial charge in [-0.05, 0) is 41.1 Å². The molecule has 0 bridgehead atoms. The molecule has 1 fully saturated rings. The summed E-state index contributed by atoms with van der Waals surface area (Å²) in [6, 6.07) is 17.6. The zero-order chi connectivity index (χ0) is 19.0. The molecule has 1 heterocycles. The molecule has 0 spiro atoms. The van der Waals surface area contributed by atoms with Crippen molar-refractivity contribution in [3.63, 3.8) is 0 Å². The summed E-state index contributed by atoms with van der Waals surface area (Å²) in [5.41, 5.74) is 0.885. The molecule has 4 rings (SSSR count). The maximum atomic E-state index is 14.0. The van der Waals surface area contributed by atoms with Gasteiger partial charge in [-0.15, -0.1) is 0 Å². The molecule has 2 amide bonds. The molecule has 0 radical (unpaired) electrons. The zero-order valence-electron chi connectivity index (χ0n) is 14.3. The van der Waals surface area contributed by atoms with Crippen LogP contribution in [-0.2, 0) is 9.59 Å². The quantitative estimate of drug-likeness (QED) is 0.657. The minimum absolute atomic E-state index is 0.0687. The summed E-state index contributed by atoms with van der Waals surface area (Å²) in [5.74, 6) is -1.47. The molecule has 136 valence electrons. The number of nitrogens with one attached hydrogen (secondary N) is 1. The van der Waals surface area contributed by atoms with Gasteiger partial charge >= 0.3 is 0 Å². The van der Waals surface area contributed by atoms with Gasteiger partial charge in [-0.25, -0.2) is 4.39 Å². The Bertz CT molecular complexity index is 1050. The second-order valence-electron chi connectivity index (χ2n) is 6.52. The number of halogens is 2. The van der Waals surface area contributed by atoms with E-state index in [0.29, 0.717) is 5.69 Å². The fraction of sp³-hybridized carbons (Fsp3) is 0.143. The highest BCUT2D eigenvalue weighted by molar-refractivity contribution is 9.10. The third kappa shape index (κ3) is 3.45. The van der Waals surface area contributed by atoms with Crippen molar-refractivity contribution in [2.45, 2.75) is 6.42 Å². The number of rotatable bonds is 3. The van der Waals surface area contributed by atoms with Crippen molar-refractivity contribution < 1.29 is 14.0 Å². The van der Waals surface area contributed by atoms with Crippen LogP contribution in [0.2, 0.25) is 0 Å². The van der Waals surface area contributed by atoms with E-state index in [1.54, 1.807) is 18.2 Å². The molecule has 1 aliphatic heterocycles. The van der Waals surface area contributed by atoms with E-state index < -0.39 is 11.7 Å². The van der Waals surface area contributed by atoms with Gasteiger partial charge in [0.05, 0.1) is 11.6 Å². The molecule has 1 saturated heterocycles. The van der Waals surface area contributed by atoms with Crippen LogP contribution in [0.25, 0.3) is 10.8 Å². The molecule has 1 atom stereocenters. The minimum Gasteiger partial charge on any atom is -0.326 e. The third-order valence-corrected chi connectivity index (χ3v) is 5.43. The summed E-state index contributed by atoms with van der Waals surface area (Å²) >= 11 is 3.51. The Kier molecular flexibility index (Phi) is 4.66. The number of carbonyl (C=O) groups is 2. The highest BCUT2D eigenvalue weighted by atomic mass is 79.9. The number of benzene rings is 3. The maximum Gasteiger partial charge on any atom is 0.229 e. The summed E-state index contributed by atoms with van der Waals surface area (Å²) in [5, 5.41) is 4.93. The second kappa shape index (κ2) is 7.12. The first kappa shape index (κ1) is 17.7. The van der Waals surface area contributed by atoms with Gasteiger partial charge in [-0.3, -0.25) is 9.59 Å². The Morgan fingerprint density at radius 1 is 1.11 bits per heavy atom. The van der Waals surface area contributed by atoms with Crippen molar-refractivity contribution in [2.24, 2.45) is 5.92 Å². The number of amides is 2. The number of fused-ring (bicyclic) bond motifs is 1. The Balaban J connectivity index is 1.51. The van der Waals surface area contributed by atoms with Crippen molar-refractivity contribution >= 4 is 49.9 Å². The Morgan fingerprint density at radius 2 is 1.93 bits per heavy atom. The third-order valence-electron chi connectivity index (χ3n) is 4.73. The summed E-state index contributed by atoms with van der Waals surface area (Å²) in [7, 11) is 0. The van der Waals surface area contributed by atoms with Crippen LogP contribution in [-0.4, -0.2) is 18.4 Å². The summed E-state index contributed by atoms with van der Waals surface area (Å²) in [4.78, 5) is 26.3. The summed E-state index contributed by atoms with van der Waals surface area (Å²) in [6.45, 7) is 0.171. The van der Waals surface area contributed by atoms with Gasteiger partial charge in [0.2, 0.25) is 11.8 Å². The van der Waals surface area contributed by atoms with Crippen molar-refractivity contribution in [1.82, 2.24) is 0 Å². The van der Waals surface area contributed by atoms with Gasteiger partial charge in [0.25, 0.3) is 0 Å². The van der Waals surface area contributed by atoms with E-state index in [-0.39, 0.29) is 30.5 Å². The number of hydrogen-bond donors (Lipinski definition) is 1. The maximum absolute atomic E-state index is 14.0. The highest BCUT2D eigenvalue weighted by Gasteiger charge is 2.36. The predicted octanol–water partition coefficient (Wildman–Crippen LogP) is 4.73. The molecule has 1 aliphatic rings. The zero-order valence-corrected chi connectivity index (χ0v) is 15.9. The van der Waals surface area contributed by atoms with Gasteiger partial charge < -0.3 is 10.2 Å². The van der Waals surface area contributed by atoms with Crippen LogP contribution in [0.4, 0.5) is 15.8 Å². The Morgan fingerprint density at radius 3 is 2.74 bits per heavy atom. The van der Waals surface area contributed by atoms with Crippen LogP contribution in [0, 0.1) is 11.7 Å². The molecule has 1 N–H and O–H groups in total. The molecule has 3 aromatic rings. The lowest BCUT2D eigenvalue weighted by atomic mass is 10.1. The molecule has 0 aromatic heterocycles. The average Bonchev–Trinajstić information content (AvgIpc) is 3.04. The van der Waals surface area contributed by atoms with E-state index in [1.807, 2.05) is 36.4 Å². The summed E-state index contributed by atoms with van der Waals surface area (Å²) in [6.07, 6.45) is 0.0687. The van der Waals surface area contributed by atoms with E-state index in [1.165, 1.54) is 11.0 Å². The number of carbonyl (C=O) groups excluding carboxylic acids is 2. The van der Waals surface area contributed by atoms with Crippen LogP contribution in [0.15, 0.2) is 65.1 Å². The molecule has 3 aromatic carbocycles. The lowest BCUT2D eigenvalue weighted by Gasteiger charge is -2.17. The molecule has 1 unspecified atom stereocenters. The lowest BCUT2D eigenvalue weighted by Crippen LogP contribution is -2.28. The minimum atomic E-state index is -0.518. The first-order chi connectivity index (χ1) is 13.0. The van der Waals surface area contributed by atoms with Crippen LogP contribution in [0.5, 0.6) is 0 Å². The van der Waals surface area contributed by atoms with Crippen LogP contribution in [0.1, 0.15) is 6.42 Å². The average molecular weight is 427 g/mol. The lowest BCUT2D eigenvalue weighted by molar-refractivity contribution is -0.122. The first-order valence-electron chi connectivity index (χ1n) is 8.57. The van der Waals surface area contributed by atoms with Crippen LogP contribution >= 0.6 is 15.9 Å². The fourth-order valence-corrected chi connectivity index (χ4v) is 3.87. The molecule has 27 heavy (non-hydrogen) atoms. The Labute approximate surface area is 164 Å². The first-order valence-corrected chi connectivity index (χ1v) is 9.36. The predicted molar refractivity (Wildman–Crippen MR) is 107 cm³/mol. The monoisotopic (exact) mass is 426 g/mol. The highest BCUT2D eigenvalue weighted by Crippen LogP contribution is 2.29. The van der Waals surface area contributed by atoms with Gasteiger partial charge in [-0.2, -0.15) is 0 Å². The van der Waals surface area contributed by atoms with E-state index >= 15 is 0 Å². The SMILES string of the molecule is O=C(Nc1ccc2c(Br)cccc2c1)C1CC(=O)N(c2ccccc2F)C1. The molecule has 4 nitrogen and oxygen atoms in total. The molecular weight excluding hydrogens is 411 g/mol. The fourth-order valence-electron chi connectivity index (χ4n) is 3.35. The van der Waals surface area contributed by atoms with Crippen LogP contribution < -0.4 is 10.2 Å². The largest absolute Gasteiger partial charge is 0.326 e. The van der Waals surface area contributed by atoms with Gasteiger partial charge in [0, 0.05) is 23.1 Å². The van der Waals surface area contributed by atoms with E-state index in [4.69, 9.17) is 0 Å². The molecule has 0 saturated carbocycles. The van der Waals surface area contributed by atoms with Gasteiger partial charge in [0.15, 0.2) is 0 Å². The van der Waals surface area contributed by atoms with Crippen molar-refractivity contribution in [3.8, 4) is 0 Å². The number of hydrogen-bond acceptors (Lipinski definition) is 2. The van der Waals surface area contributed by atoms with Gasteiger partial charge in [0.1, 0.15) is 5.82 Å². The van der Waals surface area contributed by atoms with Crippen LogP contribution in [0.3, 0.4) is 0 Å². The van der Waals surface area contributed by atoms with E-state index in [2.05, 4.69) is 21.2 Å². The van der Waals surface area contributed by atoms with Crippen molar-refractivity contribution in [2.75, 3.05) is 16.8 Å². The number of anilines is 2. The molecule has 6 heteroatoms. The number of para-hydroxylation sites is 1.